The van der Waals surface area contributed by atoms with Crippen molar-refractivity contribution in [2.75, 3.05) is 0 Å². The summed E-state index contributed by atoms with van der Waals surface area (Å²) in [4.78, 5) is 22.5. The molecule has 1 rings (SSSR count). The van der Waals surface area contributed by atoms with E-state index in [9.17, 15) is 9.59 Å². The molecule has 0 heterocycles. The van der Waals surface area contributed by atoms with Crippen LogP contribution in [0, 0.1) is 13.8 Å². The van der Waals surface area contributed by atoms with Crippen LogP contribution >= 0.6 is 0 Å². The lowest BCUT2D eigenvalue weighted by atomic mass is 10.0. The van der Waals surface area contributed by atoms with Crippen molar-refractivity contribution in [3.05, 3.63) is 34.9 Å². The van der Waals surface area contributed by atoms with Crippen LogP contribution in [0.5, 0.6) is 0 Å². The Hall–Kier alpha value is -1.84. The van der Waals surface area contributed by atoms with Crippen LogP contribution in [-0.4, -0.2) is 23.0 Å². The maximum absolute atomic E-state index is 12.1. The normalized spacial score (nSPS) is 11.9. The Balaban J connectivity index is 2.52. The van der Waals surface area contributed by atoms with E-state index in [4.69, 9.17) is 5.11 Å². The average Bonchev–Trinajstić information content (AvgIpc) is 2.27. The van der Waals surface area contributed by atoms with Gasteiger partial charge in [-0.15, -0.1) is 0 Å². The Kier molecular flexibility index (Phi) is 5.55. The molecular formula is C15H21NO3. The van der Waals surface area contributed by atoms with Gasteiger partial charge in [0.2, 0.25) is 0 Å². The molecule has 1 atom stereocenters. The standard InChI is InChI=1S/C15H21NO3/c1-10-7-8-13(11(2)9-10)15(19)16-12(3)5-4-6-14(17)18/h7-9,12H,4-6H2,1-3H3,(H,16,19)(H,17,18). The van der Waals surface area contributed by atoms with Gasteiger partial charge < -0.3 is 10.4 Å². The number of hydrogen-bond donors (Lipinski definition) is 2. The summed E-state index contributed by atoms with van der Waals surface area (Å²) in [6.07, 6.45) is 1.39. The van der Waals surface area contributed by atoms with Gasteiger partial charge in [0.15, 0.2) is 0 Å². The van der Waals surface area contributed by atoms with Gasteiger partial charge in [0.1, 0.15) is 0 Å². The van der Waals surface area contributed by atoms with Crippen molar-refractivity contribution in [3.8, 4) is 0 Å². The predicted octanol–water partition coefficient (Wildman–Crippen LogP) is 2.68. The van der Waals surface area contributed by atoms with Gasteiger partial charge >= 0.3 is 5.97 Å². The molecule has 1 aromatic carbocycles. The fourth-order valence-electron chi connectivity index (χ4n) is 2.00. The molecule has 104 valence electrons. The van der Waals surface area contributed by atoms with Crippen molar-refractivity contribution in [2.24, 2.45) is 0 Å². The Morgan fingerprint density at radius 3 is 2.58 bits per heavy atom. The third kappa shape index (κ3) is 5.12. The molecule has 2 N–H and O–H groups in total. The van der Waals surface area contributed by atoms with Crippen LogP contribution in [-0.2, 0) is 4.79 Å². The minimum atomic E-state index is -0.798. The molecule has 0 aliphatic carbocycles. The number of aryl methyl sites for hydroxylation is 2. The lowest BCUT2D eigenvalue weighted by Gasteiger charge is -2.14. The van der Waals surface area contributed by atoms with Crippen molar-refractivity contribution in [2.45, 2.75) is 46.1 Å². The van der Waals surface area contributed by atoms with Gasteiger partial charge in [0.25, 0.3) is 5.91 Å². The first kappa shape index (κ1) is 15.2. The lowest BCUT2D eigenvalue weighted by molar-refractivity contribution is -0.137. The first-order valence-electron chi connectivity index (χ1n) is 6.50. The van der Waals surface area contributed by atoms with Crippen LogP contribution < -0.4 is 5.32 Å². The molecule has 1 aromatic rings. The van der Waals surface area contributed by atoms with Crippen molar-refractivity contribution in [1.82, 2.24) is 5.32 Å². The molecule has 0 saturated carbocycles. The van der Waals surface area contributed by atoms with E-state index in [0.29, 0.717) is 18.4 Å². The number of amides is 1. The van der Waals surface area contributed by atoms with Gasteiger partial charge in [-0.2, -0.15) is 0 Å². The number of benzene rings is 1. The van der Waals surface area contributed by atoms with Crippen molar-refractivity contribution in [3.63, 3.8) is 0 Å². The highest BCUT2D eigenvalue weighted by Gasteiger charge is 2.12. The number of carboxylic acid groups (broad SMARTS) is 1. The van der Waals surface area contributed by atoms with Crippen LogP contribution in [0.3, 0.4) is 0 Å². The number of carbonyl (C=O) groups excluding carboxylic acids is 1. The van der Waals surface area contributed by atoms with E-state index in [2.05, 4.69) is 5.32 Å². The molecule has 19 heavy (non-hydrogen) atoms. The van der Waals surface area contributed by atoms with Gasteiger partial charge in [0.05, 0.1) is 0 Å². The van der Waals surface area contributed by atoms with Gasteiger partial charge in [-0.05, 0) is 45.2 Å². The van der Waals surface area contributed by atoms with Crippen molar-refractivity contribution < 1.29 is 14.7 Å². The number of carbonyl (C=O) groups is 2. The average molecular weight is 263 g/mol. The van der Waals surface area contributed by atoms with E-state index >= 15 is 0 Å². The van der Waals surface area contributed by atoms with Crippen LogP contribution in [0.25, 0.3) is 0 Å². The summed E-state index contributed by atoms with van der Waals surface area (Å²) in [5, 5.41) is 11.5. The molecule has 0 aliphatic heterocycles. The summed E-state index contributed by atoms with van der Waals surface area (Å²) in [7, 11) is 0. The van der Waals surface area contributed by atoms with Gasteiger partial charge in [0, 0.05) is 18.0 Å². The zero-order chi connectivity index (χ0) is 14.4. The molecule has 0 saturated heterocycles. The summed E-state index contributed by atoms with van der Waals surface area (Å²) in [6, 6.07) is 5.69. The third-order valence-corrected chi connectivity index (χ3v) is 3.03. The number of nitrogens with one attached hydrogen (secondary N) is 1. The van der Waals surface area contributed by atoms with E-state index in [-0.39, 0.29) is 18.4 Å². The van der Waals surface area contributed by atoms with Crippen LogP contribution in [0.4, 0.5) is 0 Å². The summed E-state index contributed by atoms with van der Waals surface area (Å²) in [5.41, 5.74) is 2.76. The van der Waals surface area contributed by atoms with Crippen LogP contribution in [0.15, 0.2) is 18.2 Å². The minimum Gasteiger partial charge on any atom is -0.481 e. The molecule has 0 bridgehead atoms. The third-order valence-electron chi connectivity index (χ3n) is 3.03. The van der Waals surface area contributed by atoms with E-state index in [1.54, 1.807) is 0 Å². The van der Waals surface area contributed by atoms with Crippen LogP contribution in [0.1, 0.15) is 47.7 Å². The highest BCUT2D eigenvalue weighted by Crippen LogP contribution is 2.11. The van der Waals surface area contributed by atoms with Crippen molar-refractivity contribution in [1.29, 1.82) is 0 Å². The van der Waals surface area contributed by atoms with Gasteiger partial charge in [-0.3, -0.25) is 9.59 Å². The second-order valence-electron chi connectivity index (χ2n) is 4.98. The number of carboxylic acids is 1. The predicted molar refractivity (Wildman–Crippen MR) is 74.3 cm³/mol. The van der Waals surface area contributed by atoms with Crippen molar-refractivity contribution >= 4 is 11.9 Å². The summed E-state index contributed by atoms with van der Waals surface area (Å²) < 4.78 is 0. The van der Waals surface area contributed by atoms with E-state index in [1.807, 2.05) is 39.0 Å². The topological polar surface area (TPSA) is 66.4 Å². The maximum atomic E-state index is 12.1. The first-order valence-corrected chi connectivity index (χ1v) is 6.50. The number of aliphatic carboxylic acids is 1. The SMILES string of the molecule is Cc1ccc(C(=O)NC(C)CCCC(=O)O)c(C)c1. The second kappa shape index (κ2) is 6.92. The van der Waals surface area contributed by atoms with Crippen LogP contribution in [0.2, 0.25) is 0 Å². The van der Waals surface area contributed by atoms with E-state index in [1.165, 1.54) is 0 Å². The monoisotopic (exact) mass is 263 g/mol. The molecule has 1 unspecified atom stereocenters. The minimum absolute atomic E-state index is 0.0208. The Labute approximate surface area is 113 Å². The molecule has 0 radical (unpaired) electrons. The molecule has 4 heteroatoms. The quantitative estimate of drug-likeness (QED) is 0.829. The summed E-state index contributed by atoms with van der Waals surface area (Å²) in [5.74, 6) is -0.895. The lowest BCUT2D eigenvalue weighted by Crippen LogP contribution is -2.33. The molecular weight excluding hydrogens is 242 g/mol. The maximum Gasteiger partial charge on any atom is 0.303 e. The fraction of sp³-hybridized carbons (Fsp3) is 0.467. The second-order valence-corrected chi connectivity index (χ2v) is 4.98. The summed E-state index contributed by atoms with van der Waals surface area (Å²) in [6.45, 7) is 5.80. The molecule has 4 nitrogen and oxygen atoms in total. The summed E-state index contributed by atoms with van der Waals surface area (Å²) >= 11 is 0. The smallest absolute Gasteiger partial charge is 0.303 e. The zero-order valence-corrected chi connectivity index (χ0v) is 11.7. The largest absolute Gasteiger partial charge is 0.481 e. The molecule has 0 aliphatic rings. The fourth-order valence-corrected chi connectivity index (χ4v) is 2.00. The molecule has 1 amide bonds. The first-order chi connectivity index (χ1) is 8.90. The number of hydrogen-bond acceptors (Lipinski definition) is 2. The Bertz CT molecular complexity index is 468. The molecule has 0 aromatic heterocycles. The molecule has 0 spiro atoms. The highest BCUT2D eigenvalue weighted by molar-refractivity contribution is 5.95. The van der Waals surface area contributed by atoms with E-state index < -0.39 is 5.97 Å². The Morgan fingerprint density at radius 2 is 2.00 bits per heavy atom. The molecule has 0 fully saturated rings. The highest BCUT2D eigenvalue weighted by atomic mass is 16.4. The number of rotatable bonds is 6. The van der Waals surface area contributed by atoms with Gasteiger partial charge in [-0.25, -0.2) is 0 Å². The van der Waals surface area contributed by atoms with E-state index in [0.717, 1.165) is 11.1 Å². The Morgan fingerprint density at radius 1 is 1.32 bits per heavy atom. The van der Waals surface area contributed by atoms with Gasteiger partial charge in [-0.1, -0.05) is 17.7 Å². The zero-order valence-electron chi connectivity index (χ0n) is 11.7.